The van der Waals surface area contributed by atoms with Gasteiger partial charge < -0.3 is 25.2 Å². The summed E-state index contributed by atoms with van der Waals surface area (Å²) in [7, 11) is 0. The normalized spacial score (nSPS) is 35.0. The molecule has 1 saturated carbocycles. The minimum Gasteiger partial charge on any atom is -0.359 e. The molecule has 1 aromatic rings. The van der Waals surface area contributed by atoms with Crippen LogP contribution in [0.5, 0.6) is 0 Å². The monoisotopic (exact) mass is 556 g/mol. The van der Waals surface area contributed by atoms with Crippen LogP contribution in [-0.4, -0.2) is 77.5 Å². The lowest BCUT2D eigenvalue weighted by molar-refractivity contribution is -0.141. The van der Waals surface area contributed by atoms with Crippen LogP contribution in [0.15, 0.2) is 36.4 Å². The zero-order valence-corrected chi connectivity index (χ0v) is 24.1. The number of halogens is 1. The molecule has 3 aliphatic heterocycles. The van der Waals surface area contributed by atoms with E-state index < -0.39 is 29.6 Å². The number of nitrogens with one attached hydrogen (secondary N) is 2. The minimum absolute atomic E-state index is 0.0564. The highest BCUT2D eigenvalue weighted by atomic mass is 35.5. The summed E-state index contributed by atoms with van der Waals surface area (Å²) in [6.45, 7) is 11.4. The van der Waals surface area contributed by atoms with Crippen LogP contribution in [0.4, 0.5) is 5.69 Å². The smallest absolute Gasteiger partial charge is 0.246 e. The molecule has 3 amide bonds. The molecule has 0 aromatic heterocycles. The Hall–Kier alpha value is -2.42. The van der Waals surface area contributed by atoms with Crippen molar-refractivity contribution >= 4 is 35.0 Å². The molecular formula is C30H41ClN4O4. The quantitative estimate of drug-likeness (QED) is 0.453. The van der Waals surface area contributed by atoms with Crippen molar-refractivity contribution in [1.82, 2.24) is 15.1 Å². The van der Waals surface area contributed by atoms with Crippen LogP contribution in [0.1, 0.15) is 47.0 Å². The van der Waals surface area contributed by atoms with Gasteiger partial charge in [0.1, 0.15) is 11.6 Å². The van der Waals surface area contributed by atoms with E-state index >= 15 is 0 Å². The van der Waals surface area contributed by atoms with Gasteiger partial charge in [-0.05, 0) is 49.5 Å². The first kappa shape index (κ1) is 28.1. The van der Waals surface area contributed by atoms with E-state index in [0.717, 1.165) is 32.4 Å². The molecule has 1 spiro atoms. The van der Waals surface area contributed by atoms with Crippen LogP contribution in [0.3, 0.4) is 0 Å². The highest BCUT2D eigenvalue weighted by molar-refractivity contribution is 6.30. The Labute approximate surface area is 236 Å². The van der Waals surface area contributed by atoms with E-state index in [1.54, 1.807) is 29.2 Å². The molecule has 2 N–H and O–H groups in total. The van der Waals surface area contributed by atoms with Gasteiger partial charge in [-0.1, -0.05) is 70.4 Å². The molecule has 3 fully saturated rings. The van der Waals surface area contributed by atoms with Gasteiger partial charge in [-0.15, -0.1) is 0 Å². The fourth-order valence-electron chi connectivity index (χ4n) is 7.14. The summed E-state index contributed by atoms with van der Waals surface area (Å²) >= 11 is 6.12. The van der Waals surface area contributed by atoms with Crippen molar-refractivity contribution in [3.8, 4) is 0 Å². The van der Waals surface area contributed by atoms with E-state index in [9.17, 15) is 14.4 Å². The highest BCUT2D eigenvalue weighted by Gasteiger charge is 2.72. The van der Waals surface area contributed by atoms with Gasteiger partial charge in [-0.2, -0.15) is 0 Å². The molecule has 3 heterocycles. The number of ether oxygens (including phenoxy) is 1. The predicted molar refractivity (Wildman–Crippen MR) is 151 cm³/mol. The number of hydrogen-bond donors (Lipinski definition) is 2. The van der Waals surface area contributed by atoms with Crippen molar-refractivity contribution in [3.63, 3.8) is 0 Å². The summed E-state index contributed by atoms with van der Waals surface area (Å²) in [5.74, 6) is -1.29. The molecule has 0 radical (unpaired) electrons. The Kier molecular flexibility index (Phi) is 8.09. The van der Waals surface area contributed by atoms with E-state index in [2.05, 4.69) is 43.2 Å². The number of likely N-dealkylation sites (tertiary alicyclic amines) is 1. The highest BCUT2D eigenvalue weighted by Crippen LogP contribution is 2.55. The molecule has 9 heteroatoms. The van der Waals surface area contributed by atoms with Gasteiger partial charge in [0.05, 0.1) is 17.9 Å². The number of fused-ring (bicyclic) bond motifs is 1. The summed E-state index contributed by atoms with van der Waals surface area (Å²) in [5, 5.41) is 6.75. The first-order valence-electron chi connectivity index (χ1n) is 14.5. The molecule has 39 heavy (non-hydrogen) atoms. The van der Waals surface area contributed by atoms with Gasteiger partial charge >= 0.3 is 0 Å². The van der Waals surface area contributed by atoms with Crippen LogP contribution in [0.2, 0.25) is 5.02 Å². The third-order valence-corrected chi connectivity index (χ3v) is 9.84. The zero-order valence-electron chi connectivity index (χ0n) is 23.4. The van der Waals surface area contributed by atoms with Crippen LogP contribution in [-0.2, 0) is 19.1 Å². The van der Waals surface area contributed by atoms with E-state index in [1.165, 1.54) is 0 Å². The maximum atomic E-state index is 14.1. The van der Waals surface area contributed by atoms with Gasteiger partial charge in [0.2, 0.25) is 17.7 Å². The van der Waals surface area contributed by atoms with Crippen molar-refractivity contribution in [1.29, 1.82) is 0 Å². The van der Waals surface area contributed by atoms with Crippen LogP contribution >= 0.6 is 11.6 Å². The third-order valence-electron chi connectivity index (χ3n) is 9.60. The second-order valence-corrected chi connectivity index (χ2v) is 12.1. The maximum absolute atomic E-state index is 14.1. The summed E-state index contributed by atoms with van der Waals surface area (Å²) in [4.78, 5) is 45.7. The largest absolute Gasteiger partial charge is 0.359 e. The summed E-state index contributed by atoms with van der Waals surface area (Å²) in [5.41, 5.74) is -0.596. The lowest BCUT2D eigenvalue weighted by Gasteiger charge is -2.38. The molecular weight excluding hydrogens is 516 g/mol. The number of anilines is 1. The maximum Gasteiger partial charge on any atom is 0.246 e. The average molecular weight is 557 g/mol. The van der Waals surface area contributed by atoms with Crippen molar-refractivity contribution in [3.05, 3.63) is 41.4 Å². The first-order valence-corrected chi connectivity index (χ1v) is 14.8. The molecule has 2 saturated heterocycles. The van der Waals surface area contributed by atoms with Gasteiger partial charge in [0, 0.05) is 29.8 Å². The second-order valence-electron chi connectivity index (χ2n) is 11.6. The Morgan fingerprint density at radius 3 is 2.67 bits per heavy atom. The molecule has 2 bridgehead atoms. The first-order chi connectivity index (χ1) is 18.7. The summed E-state index contributed by atoms with van der Waals surface area (Å²) in [6.07, 6.45) is 6.33. The molecule has 5 rings (SSSR count). The van der Waals surface area contributed by atoms with Crippen molar-refractivity contribution < 1.29 is 19.1 Å². The predicted octanol–water partition coefficient (Wildman–Crippen LogP) is 3.71. The van der Waals surface area contributed by atoms with Gasteiger partial charge in [0.15, 0.2) is 0 Å². The zero-order chi connectivity index (χ0) is 27.9. The second kappa shape index (κ2) is 11.2. The Morgan fingerprint density at radius 1 is 1.18 bits per heavy atom. The van der Waals surface area contributed by atoms with Crippen molar-refractivity contribution in [2.75, 3.05) is 31.5 Å². The van der Waals surface area contributed by atoms with Gasteiger partial charge in [0.25, 0.3) is 0 Å². The Morgan fingerprint density at radius 2 is 1.95 bits per heavy atom. The Balaban J connectivity index is 1.43. The Bertz CT molecular complexity index is 1140. The number of nitrogens with zero attached hydrogens (tertiary/aromatic N) is 2. The van der Waals surface area contributed by atoms with E-state index in [1.807, 2.05) is 12.2 Å². The summed E-state index contributed by atoms with van der Waals surface area (Å²) in [6, 6.07) is 6.18. The number of amides is 3. The SMILES string of the molecule is CCN(CC)CCN1C(=O)[C@@H]2[C@H](C(=O)Nc3cccc(Cl)c3)[C@@H]3C=C[C@@]2(O3)[C@@H]1C(=O)N[C@@H]1CCC[C@@H](C)[C@H]1C. The lowest BCUT2D eigenvalue weighted by atomic mass is 9.73. The molecule has 1 aliphatic carbocycles. The van der Waals surface area contributed by atoms with Crippen LogP contribution in [0, 0.1) is 23.7 Å². The number of benzene rings is 1. The third kappa shape index (κ3) is 5.00. The molecule has 8 nitrogen and oxygen atoms in total. The van der Waals surface area contributed by atoms with Crippen molar-refractivity contribution in [2.45, 2.75) is 70.7 Å². The lowest BCUT2D eigenvalue weighted by Crippen LogP contribution is -2.58. The number of hydrogen-bond acceptors (Lipinski definition) is 5. The van der Waals surface area contributed by atoms with Crippen LogP contribution < -0.4 is 10.6 Å². The molecule has 8 atom stereocenters. The molecule has 0 unspecified atom stereocenters. The van der Waals surface area contributed by atoms with Crippen molar-refractivity contribution in [2.24, 2.45) is 23.7 Å². The fourth-order valence-corrected chi connectivity index (χ4v) is 7.33. The topological polar surface area (TPSA) is 91.0 Å². The van der Waals surface area contributed by atoms with E-state index in [-0.39, 0.29) is 23.8 Å². The molecule has 4 aliphatic rings. The van der Waals surface area contributed by atoms with Gasteiger partial charge in [-0.25, -0.2) is 0 Å². The fraction of sp³-hybridized carbons (Fsp3) is 0.633. The summed E-state index contributed by atoms with van der Waals surface area (Å²) < 4.78 is 6.48. The standard InChI is InChI=1S/C30H41ClN4O4/c1-5-34(6-2)15-16-35-26(28(37)33-22-12-7-9-18(3)19(22)4)30-14-13-23(39-30)24(25(30)29(35)38)27(36)32-21-11-8-10-20(31)17-21/h8,10-11,13-14,17-19,22-26H,5-7,9,12,15-16H2,1-4H3,(H,32,36)(H,33,37)/t18-,19-,22-,23+,24-,25+,26+,30+/m1/s1. The minimum atomic E-state index is -1.16. The van der Waals surface area contributed by atoms with Crippen LogP contribution in [0.25, 0.3) is 0 Å². The number of carbonyl (C=O) groups excluding carboxylic acids is 3. The number of likely N-dealkylation sites (N-methyl/N-ethyl adjacent to an activating group) is 1. The average Bonchev–Trinajstić information content (AvgIpc) is 3.55. The van der Waals surface area contributed by atoms with Gasteiger partial charge in [-0.3, -0.25) is 14.4 Å². The number of rotatable bonds is 9. The number of carbonyl (C=O) groups is 3. The van der Waals surface area contributed by atoms with E-state index in [0.29, 0.717) is 35.6 Å². The van der Waals surface area contributed by atoms with E-state index in [4.69, 9.17) is 16.3 Å². The molecule has 1 aromatic carbocycles. The molecule has 212 valence electrons.